The molecule has 10 heteroatoms. The van der Waals surface area contributed by atoms with Gasteiger partial charge < -0.3 is 10.1 Å². The molecule has 1 N–H and O–H groups in total. The van der Waals surface area contributed by atoms with Crippen LogP contribution in [0.2, 0.25) is 0 Å². The minimum absolute atomic E-state index is 0.0298. The second kappa shape index (κ2) is 9.11. The molecule has 0 aliphatic carbocycles. The molecule has 5 rings (SSSR count). The zero-order valence-corrected chi connectivity index (χ0v) is 20.0. The van der Waals surface area contributed by atoms with E-state index in [1.807, 2.05) is 0 Å². The standard InChI is InChI=1S/C26H20FN5O3S/c1-16-11-18(8-9-21(16)28-2)31-24(34)26(14-35-15-26)32(25(31)36)19-7-6-17(20(27)12-19)13-30-23(33)22-5-3-4-10-29-22/h3-12H,13-15H2,1H3,(H,30,33). The number of benzene rings is 2. The molecule has 3 heterocycles. The van der Waals surface area contributed by atoms with Crippen molar-refractivity contribution in [3.8, 4) is 0 Å². The Balaban J connectivity index is 1.41. The number of nitrogens with one attached hydrogen (secondary N) is 1. The molecule has 2 saturated heterocycles. The highest BCUT2D eigenvalue weighted by Crippen LogP contribution is 2.41. The van der Waals surface area contributed by atoms with Crippen LogP contribution in [0.5, 0.6) is 0 Å². The van der Waals surface area contributed by atoms with E-state index in [1.165, 1.54) is 17.2 Å². The fraction of sp³-hybridized carbons (Fsp3) is 0.192. The first-order valence-electron chi connectivity index (χ1n) is 11.1. The number of rotatable bonds is 5. The van der Waals surface area contributed by atoms with E-state index in [1.54, 1.807) is 60.4 Å². The van der Waals surface area contributed by atoms with Crippen molar-refractivity contribution in [2.75, 3.05) is 23.0 Å². The Labute approximate surface area is 212 Å². The van der Waals surface area contributed by atoms with E-state index in [9.17, 15) is 9.59 Å². The van der Waals surface area contributed by atoms with Gasteiger partial charge in [0.15, 0.2) is 16.3 Å². The van der Waals surface area contributed by atoms with Crippen molar-refractivity contribution in [1.82, 2.24) is 10.3 Å². The van der Waals surface area contributed by atoms with Gasteiger partial charge in [-0.05, 0) is 61.1 Å². The van der Waals surface area contributed by atoms with Gasteiger partial charge in [-0.1, -0.05) is 18.2 Å². The Bertz CT molecular complexity index is 1440. The highest BCUT2D eigenvalue weighted by atomic mass is 32.1. The number of hydrogen-bond donors (Lipinski definition) is 1. The highest BCUT2D eigenvalue weighted by Gasteiger charge is 2.61. The van der Waals surface area contributed by atoms with Gasteiger partial charge in [-0.2, -0.15) is 0 Å². The fourth-order valence-electron chi connectivity index (χ4n) is 4.29. The van der Waals surface area contributed by atoms with Gasteiger partial charge in [0.05, 0.1) is 19.8 Å². The summed E-state index contributed by atoms with van der Waals surface area (Å²) in [7, 11) is 0. The van der Waals surface area contributed by atoms with Crippen LogP contribution < -0.4 is 15.1 Å². The molecule has 2 amide bonds. The monoisotopic (exact) mass is 501 g/mol. The van der Waals surface area contributed by atoms with E-state index >= 15 is 4.39 Å². The predicted molar refractivity (Wildman–Crippen MR) is 135 cm³/mol. The van der Waals surface area contributed by atoms with E-state index in [0.717, 1.165) is 5.56 Å². The van der Waals surface area contributed by atoms with Crippen LogP contribution in [0.25, 0.3) is 4.85 Å². The normalized spacial score (nSPS) is 16.1. The second-order valence-corrected chi connectivity index (χ2v) is 8.90. The van der Waals surface area contributed by atoms with Crippen molar-refractivity contribution in [3.05, 3.63) is 94.8 Å². The van der Waals surface area contributed by atoms with Crippen LogP contribution in [0.1, 0.15) is 21.6 Å². The molecule has 180 valence electrons. The number of anilines is 2. The SMILES string of the molecule is [C-]#[N+]c1ccc(N2C(=O)C3(COC3)N(c3ccc(CNC(=O)c4ccccn4)c(F)c3)C2=S)cc1C. The fourth-order valence-corrected chi connectivity index (χ4v) is 4.76. The quantitative estimate of drug-likeness (QED) is 0.422. The molecule has 3 aromatic rings. The first kappa shape index (κ1) is 23.5. The Hall–Kier alpha value is -4.20. The lowest BCUT2D eigenvalue weighted by Gasteiger charge is -2.42. The van der Waals surface area contributed by atoms with Crippen molar-refractivity contribution in [1.29, 1.82) is 0 Å². The van der Waals surface area contributed by atoms with Gasteiger partial charge >= 0.3 is 0 Å². The number of carbonyl (C=O) groups excluding carboxylic acids is 2. The van der Waals surface area contributed by atoms with E-state index in [4.69, 9.17) is 23.5 Å². The maximum Gasteiger partial charge on any atom is 0.270 e. The predicted octanol–water partition coefficient (Wildman–Crippen LogP) is 3.92. The van der Waals surface area contributed by atoms with Gasteiger partial charge in [0.1, 0.15) is 11.5 Å². The molecule has 0 unspecified atom stereocenters. The van der Waals surface area contributed by atoms with Gasteiger partial charge in [0.2, 0.25) is 0 Å². The summed E-state index contributed by atoms with van der Waals surface area (Å²) < 4.78 is 20.5. The first-order chi connectivity index (χ1) is 17.4. The number of thiocarbonyl (C=S) groups is 1. The number of nitrogens with zero attached hydrogens (tertiary/aromatic N) is 4. The van der Waals surface area contributed by atoms with Crippen molar-refractivity contribution in [2.45, 2.75) is 19.0 Å². The smallest absolute Gasteiger partial charge is 0.270 e. The first-order valence-corrected chi connectivity index (χ1v) is 11.5. The molecule has 0 bridgehead atoms. The summed E-state index contributed by atoms with van der Waals surface area (Å²) in [4.78, 5) is 36.3. The Morgan fingerprint density at radius 3 is 2.61 bits per heavy atom. The van der Waals surface area contributed by atoms with E-state index in [-0.39, 0.29) is 42.0 Å². The third kappa shape index (κ3) is 3.79. The van der Waals surface area contributed by atoms with Gasteiger partial charge in [-0.25, -0.2) is 9.24 Å². The van der Waals surface area contributed by atoms with Gasteiger partial charge in [-0.15, -0.1) is 0 Å². The summed E-state index contributed by atoms with van der Waals surface area (Å²) in [6, 6.07) is 14.6. The van der Waals surface area contributed by atoms with E-state index in [0.29, 0.717) is 17.1 Å². The average Bonchev–Trinajstić information content (AvgIpc) is 3.10. The number of aromatic nitrogens is 1. The van der Waals surface area contributed by atoms with Crippen LogP contribution in [0.3, 0.4) is 0 Å². The lowest BCUT2D eigenvalue weighted by Crippen LogP contribution is -2.64. The van der Waals surface area contributed by atoms with Crippen LogP contribution in [-0.4, -0.2) is 40.7 Å². The van der Waals surface area contributed by atoms with Crippen LogP contribution >= 0.6 is 12.2 Å². The zero-order valence-electron chi connectivity index (χ0n) is 19.2. The third-order valence-corrected chi connectivity index (χ3v) is 6.65. The largest absolute Gasteiger partial charge is 0.375 e. The van der Waals surface area contributed by atoms with Gasteiger partial charge in [0, 0.05) is 29.7 Å². The number of carbonyl (C=O) groups is 2. The summed E-state index contributed by atoms with van der Waals surface area (Å²) in [5.74, 6) is -1.22. The molecule has 1 spiro atoms. The van der Waals surface area contributed by atoms with Gasteiger partial charge in [-0.3, -0.25) is 24.4 Å². The number of hydrogen-bond acceptors (Lipinski definition) is 5. The Kier molecular flexibility index (Phi) is 5.96. The summed E-state index contributed by atoms with van der Waals surface area (Å²) in [6.45, 7) is 9.25. The molecule has 1 aromatic heterocycles. The lowest BCUT2D eigenvalue weighted by molar-refractivity contribution is -0.136. The molecule has 0 saturated carbocycles. The van der Waals surface area contributed by atoms with Crippen molar-refractivity contribution in [3.63, 3.8) is 0 Å². The second-order valence-electron chi connectivity index (χ2n) is 8.54. The summed E-state index contributed by atoms with van der Waals surface area (Å²) >= 11 is 5.70. The number of pyridine rings is 1. The molecular weight excluding hydrogens is 481 g/mol. The zero-order chi connectivity index (χ0) is 25.4. The molecule has 8 nitrogen and oxygen atoms in total. The maximum atomic E-state index is 15.1. The minimum atomic E-state index is -1.06. The molecule has 36 heavy (non-hydrogen) atoms. The highest BCUT2D eigenvalue weighted by molar-refractivity contribution is 7.81. The van der Waals surface area contributed by atoms with Crippen molar-refractivity contribution >= 4 is 46.2 Å². The van der Waals surface area contributed by atoms with E-state index in [2.05, 4.69) is 15.1 Å². The number of halogens is 1. The van der Waals surface area contributed by atoms with Crippen molar-refractivity contribution in [2.24, 2.45) is 0 Å². The Morgan fingerprint density at radius 1 is 1.22 bits per heavy atom. The molecule has 2 aromatic carbocycles. The summed E-state index contributed by atoms with van der Waals surface area (Å²) in [5, 5.41) is 2.86. The molecule has 2 aliphatic rings. The molecule has 2 aliphatic heterocycles. The topological polar surface area (TPSA) is 79.1 Å². The van der Waals surface area contributed by atoms with Crippen LogP contribution in [0.4, 0.5) is 21.5 Å². The minimum Gasteiger partial charge on any atom is -0.375 e. The summed E-state index contributed by atoms with van der Waals surface area (Å²) in [5.41, 5.74) is 1.61. The van der Waals surface area contributed by atoms with E-state index < -0.39 is 17.3 Å². The molecular formula is C26H20FN5O3S. The third-order valence-electron chi connectivity index (χ3n) is 6.28. The summed E-state index contributed by atoms with van der Waals surface area (Å²) in [6.07, 6.45) is 1.51. The molecule has 0 atom stereocenters. The number of amides is 2. The Morgan fingerprint density at radius 2 is 2.00 bits per heavy atom. The lowest BCUT2D eigenvalue weighted by atomic mass is 9.94. The molecule has 0 radical (unpaired) electrons. The van der Waals surface area contributed by atoms with Crippen molar-refractivity contribution < 1.29 is 18.7 Å². The van der Waals surface area contributed by atoms with Crippen LogP contribution in [0.15, 0.2) is 60.8 Å². The number of ether oxygens (including phenoxy) is 1. The van der Waals surface area contributed by atoms with Crippen LogP contribution in [-0.2, 0) is 16.1 Å². The maximum absolute atomic E-state index is 15.1. The van der Waals surface area contributed by atoms with Gasteiger partial charge in [0.25, 0.3) is 11.8 Å². The van der Waals surface area contributed by atoms with Crippen LogP contribution in [0, 0.1) is 19.3 Å². The molecule has 2 fully saturated rings. The number of aryl methyl sites for hydroxylation is 1. The average molecular weight is 502 g/mol.